The summed E-state index contributed by atoms with van der Waals surface area (Å²) in [5.41, 5.74) is 8.22. The summed E-state index contributed by atoms with van der Waals surface area (Å²) in [5.74, 6) is 0.392. The van der Waals surface area contributed by atoms with Crippen LogP contribution >= 0.6 is 0 Å². The van der Waals surface area contributed by atoms with Crippen molar-refractivity contribution in [2.24, 2.45) is 11.7 Å². The van der Waals surface area contributed by atoms with E-state index in [0.29, 0.717) is 12.5 Å². The summed E-state index contributed by atoms with van der Waals surface area (Å²) in [7, 11) is 0. The van der Waals surface area contributed by atoms with Gasteiger partial charge in [-0.15, -0.1) is 0 Å². The van der Waals surface area contributed by atoms with Crippen molar-refractivity contribution in [3.63, 3.8) is 0 Å². The summed E-state index contributed by atoms with van der Waals surface area (Å²) in [6, 6.07) is 8.30. The van der Waals surface area contributed by atoms with Crippen LogP contribution in [0.3, 0.4) is 0 Å². The minimum atomic E-state index is -0.336. The molecule has 0 bridgehead atoms. The van der Waals surface area contributed by atoms with Gasteiger partial charge in [0, 0.05) is 12.5 Å². The molecule has 1 rings (SSSR count). The third-order valence-electron chi connectivity index (χ3n) is 3.67. The molecule has 0 aliphatic heterocycles. The van der Waals surface area contributed by atoms with E-state index in [0.717, 1.165) is 18.4 Å². The molecule has 0 saturated heterocycles. The molecule has 96 valence electrons. The highest BCUT2D eigenvalue weighted by molar-refractivity contribution is 5.26. The molecule has 0 aliphatic carbocycles. The van der Waals surface area contributed by atoms with Crippen LogP contribution in [-0.2, 0) is 0 Å². The first-order valence-corrected chi connectivity index (χ1v) is 6.58. The molecule has 3 N–H and O–H groups in total. The van der Waals surface area contributed by atoms with Crippen molar-refractivity contribution < 1.29 is 5.11 Å². The van der Waals surface area contributed by atoms with E-state index < -0.39 is 0 Å². The standard InChI is InChI=1S/C15H25NO/c1-4-12(5-2)15(17)14(10-16)13-8-6-7-11(3)9-13/h6-9,12,14-15,17H,4-5,10,16H2,1-3H3. The van der Waals surface area contributed by atoms with Crippen LogP contribution in [-0.4, -0.2) is 17.8 Å². The van der Waals surface area contributed by atoms with Crippen molar-refractivity contribution in [1.29, 1.82) is 0 Å². The zero-order valence-electron chi connectivity index (χ0n) is 11.2. The second-order valence-electron chi connectivity index (χ2n) is 4.82. The molecule has 0 aliphatic rings. The molecule has 0 heterocycles. The maximum absolute atomic E-state index is 10.4. The number of aliphatic hydroxyl groups excluding tert-OH is 1. The predicted molar refractivity (Wildman–Crippen MR) is 73.1 cm³/mol. The maximum Gasteiger partial charge on any atom is 0.0648 e. The lowest BCUT2D eigenvalue weighted by Gasteiger charge is -2.28. The monoisotopic (exact) mass is 235 g/mol. The quantitative estimate of drug-likeness (QED) is 0.796. The molecule has 2 heteroatoms. The molecule has 2 atom stereocenters. The minimum absolute atomic E-state index is 0.0554. The van der Waals surface area contributed by atoms with E-state index in [-0.39, 0.29) is 12.0 Å². The Kier molecular flexibility index (Phi) is 5.66. The molecule has 2 unspecified atom stereocenters. The Hall–Kier alpha value is -0.860. The molecule has 17 heavy (non-hydrogen) atoms. The third kappa shape index (κ3) is 3.55. The van der Waals surface area contributed by atoms with Gasteiger partial charge in [-0.2, -0.15) is 0 Å². The Morgan fingerprint density at radius 3 is 2.35 bits per heavy atom. The fraction of sp³-hybridized carbons (Fsp3) is 0.600. The van der Waals surface area contributed by atoms with E-state index in [4.69, 9.17) is 5.73 Å². The van der Waals surface area contributed by atoms with Gasteiger partial charge in [-0.25, -0.2) is 0 Å². The van der Waals surface area contributed by atoms with Gasteiger partial charge in [0.05, 0.1) is 6.10 Å². The van der Waals surface area contributed by atoms with Crippen molar-refractivity contribution in [1.82, 2.24) is 0 Å². The second-order valence-corrected chi connectivity index (χ2v) is 4.82. The van der Waals surface area contributed by atoms with Crippen LogP contribution in [0.25, 0.3) is 0 Å². The van der Waals surface area contributed by atoms with Crippen molar-refractivity contribution in [2.75, 3.05) is 6.54 Å². The molecule has 1 aromatic carbocycles. The number of hydrogen-bond donors (Lipinski definition) is 2. The van der Waals surface area contributed by atoms with Crippen molar-refractivity contribution in [2.45, 2.75) is 45.6 Å². The number of benzene rings is 1. The molecular weight excluding hydrogens is 210 g/mol. The summed E-state index contributed by atoms with van der Waals surface area (Å²) in [4.78, 5) is 0. The number of aryl methyl sites for hydroxylation is 1. The van der Waals surface area contributed by atoms with Gasteiger partial charge < -0.3 is 10.8 Å². The molecule has 2 nitrogen and oxygen atoms in total. The molecule has 0 spiro atoms. The van der Waals surface area contributed by atoms with Gasteiger partial charge in [0.15, 0.2) is 0 Å². The smallest absolute Gasteiger partial charge is 0.0648 e. The Labute approximate surface area is 105 Å². The van der Waals surface area contributed by atoms with Crippen LogP contribution < -0.4 is 5.73 Å². The number of aliphatic hydroxyl groups is 1. The summed E-state index contributed by atoms with van der Waals surface area (Å²) in [6.45, 7) is 6.82. The third-order valence-corrected chi connectivity index (χ3v) is 3.67. The molecule has 1 aromatic rings. The van der Waals surface area contributed by atoms with E-state index in [2.05, 4.69) is 39.0 Å². The van der Waals surface area contributed by atoms with Gasteiger partial charge in [0.25, 0.3) is 0 Å². The van der Waals surface area contributed by atoms with Crippen LogP contribution in [0.5, 0.6) is 0 Å². The molecule has 0 saturated carbocycles. The summed E-state index contributed by atoms with van der Waals surface area (Å²) in [6.07, 6.45) is 1.66. The fourth-order valence-electron chi connectivity index (χ4n) is 2.47. The van der Waals surface area contributed by atoms with E-state index in [1.165, 1.54) is 5.56 Å². The van der Waals surface area contributed by atoms with Crippen LogP contribution in [0.15, 0.2) is 24.3 Å². The number of rotatable bonds is 6. The van der Waals surface area contributed by atoms with Gasteiger partial charge in [0.1, 0.15) is 0 Å². The SMILES string of the molecule is CCC(CC)C(O)C(CN)c1cccc(C)c1. The summed E-state index contributed by atoms with van der Waals surface area (Å²) < 4.78 is 0. The fourth-order valence-corrected chi connectivity index (χ4v) is 2.47. The van der Waals surface area contributed by atoms with Gasteiger partial charge in [-0.05, 0) is 18.4 Å². The average molecular weight is 235 g/mol. The van der Waals surface area contributed by atoms with Gasteiger partial charge >= 0.3 is 0 Å². The van der Waals surface area contributed by atoms with Crippen LogP contribution in [0.4, 0.5) is 0 Å². The topological polar surface area (TPSA) is 46.2 Å². The predicted octanol–water partition coefficient (Wildman–Crippen LogP) is 2.83. The van der Waals surface area contributed by atoms with Crippen molar-refractivity contribution in [3.8, 4) is 0 Å². The van der Waals surface area contributed by atoms with E-state index >= 15 is 0 Å². The molecule has 0 aromatic heterocycles. The van der Waals surface area contributed by atoms with E-state index in [1.807, 2.05) is 6.07 Å². The van der Waals surface area contributed by atoms with Crippen LogP contribution in [0.2, 0.25) is 0 Å². The Balaban J connectivity index is 2.90. The zero-order valence-corrected chi connectivity index (χ0v) is 11.2. The first-order valence-electron chi connectivity index (χ1n) is 6.58. The zero-order chi connectivity index (χ0) is 12.8. The minimum Gasteiger partial charge on any atom is -0.392 e. The maximum atomic E-state index is 10.4. The lowest BCUT2D eigenvalue weighted by atomic mass is 9.83. The Morgan fingerprint density at radius 2 is 1.88 bits per heavy atom. The first kappa shape index (κ1) is 14.2. The van der Waals surface area contributed by atoms with Gasteiger partial charge in [0.2, 0.25) is 0 Å². The van der Waals surface area contributed by atoms with Crippen molar-refractivity contribution in [3.05, 3.63) is 35.4 Å². The highest BCUT2D eigenvalue weighted by Crippen LogP contribution is 2.27. The Bertz CT molecular complexity index is 333. The van der Waals surface area contributed by atoms with E-state index in [1.54, 1.807) is 0 Å². The molecule has 0 radical (unpaired) electrons. The number of hydrogen-bond acceptors (Lipinski definition) is 2. The molecular formula is C15H25NO. The van der Waals surface area contributed by atoms with Crippen LogP contribution in [0.1, 0.15) is 43.7 Å². The summed E-state index contributed by atoms with van der Waals surface area (Å²) >= 11 is 0. The normalized spacial score (nSPS) is 14.9. The first-order chi connectivity index (χ1) is 8.13. The second kappa shape index (κ2) is 6.77. The lowest BCUT2D eigenvalue weighted by molar-refractivity contribution is 0.0779. The average Bonchev–Trinajstić information content (AvgIpc) is 2.31. The Morgan fingerprint density at radius 1 is 1.24 bits per heavy atom. The number of nitrogens with two attached hydrogens (primary N) is 1. The van der Waals surface area contributed by atoms with Gasteiger partial charge in [-0.1, -0.05) is 56.5 Å². The molecule has 0 fully saturated rings. The largest absolute Gasteiger partial charge is 0.392 e. The van der Waals surface area contributed by atoms with E-state index in [9.17, 15) is 5.11 Å². The highest BCUT2D eigenvalue weighted by atomic mass is 16.3. The van der Waals surface area contributed by atoms with Crippen LogP contribution in [0, 0.1) is 12.8 Å². The highest BCUT2D eigenvalue weighted by Gasteiger charge is 2.25. The van der Waals surface area contributed by atoms with Gasteiger partial charge in [-0.3, -0.25) is 0 Å². The lowest BCUT2D eigenvalue weighted by Crippen LogP contribution is -2.32. The summed E-state index contributed by atoms with van der Waals surface area (Å²) in [5, 5.41) is 10.4. The molecule has 0 amide bonds. The van der Waals surface area contributed by atoms with Crippen molar-refractivity contribution >= 4 is 0 Å².